The molecule has 0 saturated heterocycles. The van der Waals surface area contributed by atoms with Gasteiger partial charge in [-0.2, -0.15) is 5.10 Å². The van der Waals surface area contributed by atoms with E-state index >= 15 is 0 Å². The van der Waals surface area contributed by atoms with E-state index in [1.54, 1.807) is 25.2 Å². The Balaban J connectivity index is 1.31. The molecule has 3 aromatic carbocycles. The van der Waals surface area contributed by atoms with Crippen LogP contribution in [0.3, 0.4) is 0 Å². The summed E-state index contributed by atoms with van der Waals surface area (Å²) in [6.07, 6.45) is 3.65. The van der Waals surface area contributed by atoms with Gasteiger partial charge in [0.25, 0.3) is 11.8 Å². The highest BCUT2D eigenvalue weighted by atomic mass is 19.1. The van der Waals surface area contributed by atoms with E-state index in [0.717, 1.165) is 42.4 Å². The fourth-order valence-corrected chi connectivity index (χ4v) is 5.28. The maximum Gasteiger partial charge on any atom is 0.255 e. The first-order valence-electron chi connectivity index (χ1n) is 14.0. The molecule has 0 radical (unpaired) electrons. The number of benzene rings is 3. The molecule has 42 heavy (non-hydrogen) atoms. The van der Waals surface area contributed by atoms with Crippen LogP contribution in [0.1, 0.15) is 52.0 Å². The van der Waals surface area contributed by atoms with Crippen molar-refractivity contribution in [1.82, 2.24) is 16.0 Å². The molecule has 214 valence electrons. The molecule has 2 saturated carbocycles. The van der Waals surface area contributed by atoms with Crippen molar-refractivity contribution in [2.75, 3.05) is 7.05 Å². The minimum atomic E-state index is -0.540. The fourth-order valence-electron chi connectivity index (χ4n) is 5.28. The topological polar surface area (TPSA) is 122 Å². The minimum absolute atomic E-state index is 0.205. The minimum Gasteiger partial charge on any atom is -0.455 e. The SMILES string of the molecule is C=C(N/C(=N\N)C1CC1)C1(NC(=O)c2ccc(C)c(-c3ccc4oc(-c5ccc(F)cc5)c(C(=O)NC)c4c3)c2)CC1. The molecule has 4 aromatic rings. The Labute approximate surface area is 242 Å². The third-order valence-electron chi connectivity index (χ3n) is 8.12. The molecule has 5 N–H and O–H groups in total. The molecular formula is C33H32FN5O3. The number of carbonyl (C=O) groups excluding carboxylic acids is 2. The highest BCUT2D eigenvalue weighted by Gasteiger charge is 2.48. The number of hydrazone groups is 1. The number of nitrogens with one attached hydrogen (secondary N) is 3. The Morgan fingerprint density at radius 3 is 2.38 bits per heavy atom. The molecule has 6 rings (SSSR count). The van der Waals surface area contributed by atoms with Crippen molar-refractivity contribution < 1.29 is 18.4 Å². The molecule has 0 unspecified atom stereocenters. The van der Waals surface area contributed by atoms with E-state index in [4.69, 9.17) is 10.3 Å². The lowest BCUT2D eigenvalue weighted by Crippen LogP contribution is -2.44. The summed E-state index contributed by atoms with van der Waals surface area (Å²) < 4.78 is 19.7. The lowest BCUT2D eigenvalue weighted by atomic mass is 9.95. The second-order valence-electron chi connectivity index (χ2n) is 11.1. The molecule has 9 heteroatoms. The van der Waals surface area contributed by atoms with Crippen molar-refractivity contribution >= 4 is 28.6 Å². The molecule has 2 amide bonds. The Morgan fingerprint density at radius 2 is 1.74 bits per heavy atom. The maximum absolute atomic E-state index is 13.6. The largest absolute Gasteiger partial charge is 0.455 e. The maximum atomic E-state index is 13.6. The molecule has 0 atom stereocenters. The number of halogens is 1. The molecule has 0 bridgehead atoms. The van der Waals surface area contributed by atoms with Crippen LogP contribution < -0.4 is 21.8 Å². The van der Waals surface area contributed by atoms with Crippen molar-refractivity contribution in [2.24, 2.45) is 16.9 Å². The van der Waals surface area contributed by atoms with Crippen LogP contribution in [0, 0.1) is 18.7 Å². The van der Waals surface area contributed by atoms with Gasteiger partial charge >= 0.3 is 0 Å². The summed E-state index contributed by atoms with van der Waals surface area (Å²) in [5.41, 5.74) is 4.79. The third kappa shape index (κ3) is 5.02. The van der Waals surface area contributed by atoms with Gasteiger partial charge in [0.05, 0.1) is 11.1 Å². The van der Waals surface area contributed by atoms with Crippen LogP contribution in [0.25, 0.3) is 33.4 Å². The number of fused-ring (bicyclic) bond motifs is 1. The van der Waals surface area contributed by atoms with Crippen LogP contribution in [0.15, 0.2) is 82.5 Å². The van der Waals surface area contributed by atoms with Gasteiger partial charge in [-0.1, -0.05) is 18.7 Å². The highest BCUT2D eigenvalue weighted by molar-refractivity contribution is 6.12. The summed E-state index contributed by atoms with van der Waals surface area (Å²) in [7, 11) is 1.55. The number of furan rings is 1. The van der Waals surface area contributed by atoms with Crippen LogP contribution in [0.4, 0.5) is 4.39 Å². The second-order valence-corrected chi connectivity index (χ2v) is 11.1. The zero-order valence-corrected chi connectivity index (χ0v) is 23.5. The number of carbonyl (C=O) groups is 2. The average molecular weight is 566 g/mol. The number of amides is 2. The monoisotopic (exact) mass is 565 g/mol. The summed E-state index contributed by atoms with van der Waals surface area (Å²) in [5.74, 6) is 6.08. The van der Waals surface area contributed by atoms with Crippen LogP contribution in [-0.2, 0) is 0 Å². The van der Waals surface area contributed by atoms with Gasteiger partial charge in [-0.05, 0) is 97.8 Å². The van der Waals surface area contributed by atoms with Gasteiger partial charge in [-0.3, -0.25) is 9.59 Å². The first kappa shape index (κ1) is 27.3. The van der Waals surface area contributed by atoms with Crippen molar-refractivity contribution in [1.29, 1.82) is 0 Å². The van der Waals surface area contributed by atoms with Gasteiger partial charge in [0.1, 0.15) is 23.0 Å². The van der Waals surface area contributed by atoms with E-state index in [2.05, 4.69) is 27.6 Å². The number of nitrogens with two attached hydrogens (primary N) is 1. The highest BCUT2D eigenvalue weighted by Crippen LogP contribution is 2.42. The molecule has 0 spiro atoms. The lowest BCUT2D eigenvalue weighted by Gasteiger charge is -2.22. The van der Waals surface area contributed by atoms with Crippen LogP contribution in [0.2, 0.25) is 0 Å². The van der Waals surface area contributed by atoms with E-state index in [1.165, 1.54) is 12.1 Å². The summed E-state index contributed by atoms with van der Waals surface area (Å²) in [5, 5.41) is 13.6. The normalized spacial score (nSPS) is 15.7. The Kier molecular flexibility index (Phi) is 6.80. The van der Waals surface area contributed by atoms with Crippen molar-refractivity contribution in [3.63, 3.8) is 0 Å². The molecular weight excluding hydrogens is 533 g/mol. The third-order valence-corrected chi connectivity index (χ3v) is 8.12. The quantitative estimate of drug-likeness (QED) is 0.0956. The number of nitrogens with zero attached hydrogens (tertiary/aromatic N) is 1. The van der Waals surface area contributed by atoms with E-state index in [9.17, 15) is 14.0 Å². The lowest BCUT2D eigenvalue weighted by molar-refractivity contribution is 0.0935. The Hall–Kier alpha value is -4.92. The van der Waals surface area contributed by atoms with Crippen molar-refractivity contribution in [3.05, 3.63) is 95.4 Å². The number of rotatable bonds is 8. The summed E-state index contributed by atoms with van der Waals surface area (Å²) in [6, 6.07) is 17.0. The first-order valence-corrected chi connectivity index (χ1v) is 14.0. The fraction of sp³-hybridized carbons (Fsp3) is 0.242. The smallest absolute Gasteiger partial charge is 0.255 e. The van der Waals surface area contributed by atoms with Gasteiger partial charge < -0.3 is 26.2 Å². The molecule has 2 aliphatic rings. The Bertz CT molecular complexity index is 1760. The zero-order valence-electron chi connectivity index (χ0n) is 23.5. The molecule has 2 aliphatic carbocycles. The molecule has 8 nitrogen and oxygen atoms in total. The van der Waals surface area contributed by atoms with E-state index in [1.807, 2.05) is 37.3 Å². The molecule has 0 aliphatic heterocycles. The summed E-state index contributed by atoms with van der Waals surface area (Å²) >= 11 is 0. The van der Waals surface area contributed by atoms with Crippen LogP contribution in [0.5, 0.6) is 0 Å². The van der Waals surface area contributed by atoms with Crippen molar-refractivity contribution in [3.8, 4) is 22.5 Å². The van der Waals surface area contributed by atoms with Gasteiger partial charge in [0.15, 0.2) is 0 Å². The number of hydrogen-bond acceptors (Lipinski definition) is 5. The summed E-state index contributed by atoms with van der Waals surface area (Å²) in [4.78, 5) is 26.5. The molecule has 2 fully saturated rings. The summed E-state index contributed by atoms with van der Waals surface area (Å²) in [6.45, 7) is 6.15. The van der Waals surface area contributed by atoms with E-state index in [0.29, 0.717) is 50.9 Å². The predicted molar refractivity (Wildman–Crippen MR) is 161 cm³/mol. The molecule has 1 aromatic heterocycles. The Morgan fingerprint density at radius 1 is 1.02 bits per heavy atom. The predicted octanol–water partition coefficient (Wildman–Crippen LogP) is 5.62. The van der Waals surface area contributed by atoms with Gasteiger partial charge in [-0.15, -0.1) is 0 Å². The number of aryl methyl sites for hydroxylation is 1. The standard InChI is InChI=1S/C33H32FN5O3/c1-18-4-5-23(31(40)38-33(14-15-33)19(2)37-30(39-35)21-6-7-21)17-25(18)22-10-13-27-26(16-22)28(32(41)36-3)29(42-27)20-8-11-24(34)12-9-20/h4-5,8-13,16-17,21H,2,6-7,14-15,35H2,1,3H3,(H,36,41)(H,37,39)(H,38,40). The van der Waals surface area contributed by atoms with E-state index in [-0.39, 0.29) is 17.6 Å². The zero-order chi connectivity index (χ0) is 29.6. The van der Waals surface area contributed by atoms with E-state index < -0.39 is 5.54 Å². The van der Waals surface area contributed by atoms with Crippen LogP contribution >= 0.6 is 0 Å². The van der Waals surface area contributed by atoms with Gasteiger partial charge in [-0.25, -0.2) is 4.39 Å². The first-order chi connectivity index (χ1) is 20.2. The van der Waals surface area contributed by atoms with Gasteiger partial charge in [0, 0.05) is 35.2 Å². The van der Waals surface area contributed by atoms with Crippen LogP contribution in [-0.4, -0.2) is 30.2 Å². The average Bonchev–Trinajstić information content (AvgIpc) is 3.93. The van der Waals surface area contributed by atoms with Crippen molar-refractivity contribution in [2.45, 2.75) is 38.1 Å². The molecule has 1 heterocycles. The number of amidine groups is 1. The van der Waals surface area contributed by atoms with Gasteiger partial charge in [0.2, 0.25) is 0 Å². The second kappa shape index (κ2) is 10.5. The number of hydrogen-bond donors (Lipinski definition) is 4.